The van der Waals surface area contributed by atoms with Crippen LogP contribution in [0.5, 0.6) is 0 Å². The Bertz CT molecular complexity index is 434. The highest BCUT2D eigenvalue weighted by molar-refractivity contribution is 7.80. The quantitative estimate of drug-likeness (QED) is 0.462. The monoisotopic (exact) mass is 264 g/mol. The number of allylic oxidation sites excluding steroid dienone is 2. The Morgan fingerprint density at radius 3 is 2.50 bits per heavy atom. The molecule has 2 aliphatic rings. The van der Waals surface area contributed by atoms with E-state index in [9.17, 15) is 9.59 Å². The van der Waals surface area contributed by atoms with Crippen LogP contribution in [0.2, 0.25) is 0 Å². The molecule has 0 saturated carbocycles. The largest absolute Gasteiger partial charge is 0.302 e. The minimum atomic E-state index is -1.15. The van der Waals surface area contributed by atoms with Crippen LogP contribution in [0.4, 0.5) is 0 Å². The second-order valence-corrected chi connectivity index (χ2v) is 5.02. The van der Waals surface area contributed by atoms with Gasteiger partial charge in [-0.15, -0.1) is 6.58 Å². The molecule has 18 heavy (non-hydrogen) atoms. The topological polar surface area (TPSA) is 58.2 Å². The number of nitrogens with one attached hydrogen (secondary N) is 2. The van der Waals surface area contributed by atoms with Crippen LogP contribution in [-0.4, -0.2) is 16.9 Å². The molecular formula is C13H16N2O2S. The molecule has 2 N–H and O–H groups in total. The highest BCUT2D eigenvalue weighted by Crippen LogP contribution is 2.39. The standard InChI is InChI=1S/C13H16N2O2S/c1-2-8-13(9-6-4-3-5-7-9)10(16)14-12(18)15-11(13)17/h2,6H,1,3-5,7-8H2,(H2,14,15,16,17,18). The first-order chi connectivity index (χ1) is 8.61. The zero-order valence-corrected chi connectivity index (χ0v) is 10.9. The van der Waals surface area contributed by atoms with E-state index in [2.05, 4.69) is 17.2 Å². The van der Waals surface area contributed by atoms with E-state index in [-0.39, 0.29) is 16.9 Å². The van der Waals surface area contributed by atoms with Gasteiger partial charge >= 0.3 is 0 Å². The molecule has 0 aromatic carbocycles. The third-order valence-corrected chi connectivity index (χ3v) is 3.72. The van der Waals surface area contributed by atoms with Crippen LogP contribution in [0, 0.1) is 5.41 Å². The molecule has 0 aromatic rings. The molecule has 1 fully saturated rings. The van der Waals surface area contributed by atoms with Gasteiger partial charge in [0.2, 0.25) is 11.8 Å². The molecule has 1 aliphatic heterocycles. The maximum atomic E-state index is 12.3. The molecule has 0 bridgehead atoms. The van der Waals surface area contributed by atoms with Gasteiger partial charge in [0.25, 0.3) is 0 Å². The fourth-order valence-corrected chi connectivity index (χ4v) is 2.79. The molecule has 0 spiro atoms. The van der Waals surface area contributed by atoms with Crippen molar-refractivity contribution in [3.8, 4) is 0 Å². The maximum absolute atomic E-state index is 12.3. The van der Waals surface area contributed by atoms with Crippen molar-refractivity contribution in [1.29, 1.82) is 0 Å². The van der Waals surface area contributed by atoms with E-state index < -0.39 is 5.41 Å². The highest BCUT2D eigenvalue weighted by Gasteiger charge is 2.50. The van der Waals surface area contributed by atoms with E-state index >= 15 is 0 Å². The molecule has 1 aliphatic carbocycles. The number of carbonyl (C=O) groups excluding carboxylic acids is 2. The molecule has 2 amide bonds. The summed E-state index contributed by atoms with van der Waals surface area (Å²) in [4.78, 5) is 24.6. The molecule has 0 radical (unpaired) electrons. The molecular weight excluding hydrogens is 248 g/mol. The zero-order valence-electron chi connectivity index (χ0n) is 10.1. The Kier molecular flexibility index (Phi) is 3.61. The van der Waals surface area contributed by atoms with Gasteiger partial charge in [-0.05, 0) is 49.9 Å². The van der Waals surface area contributed by atoms with E-state index in [1.807, 2.05) is 6.08 Å². The minimum absolute atomic E-state index is 0.0843. The van der Waals surface area contributed by atoms with Crippen LogP contribution < -0.4 is 10.6 Å². The molecule has 4 nitrogen and oxygen atoms in total. The van der Waals surface area contributed by atoms with Crippen molar-refractivity contribution in [3.05, 3.63) is 24.3 Å². The lowest BCUT2D eigenvalue weighted by Crippen LogP contribution is -2.62. The first-order valence-electron chi connectivity index (χ1n) is 6.08. The van der Waals surface area contributed by atoms with Crippen molar-refractivity contribution < 1.29 is 9.59 Å². The molecule has 96 valence electrons. The van der Waals surface area contributed by atoms with E-state index in [0.717, 1.165) is 31.3 Å². The summed E-state index contributed by atoms with van der Waals surface area (Å²) in [6.07, 6.45) is 7.74. The Hall–Kier alpha value is -1.49. The lowest BCUT2D eigenvalue weighted by atomic mass is 9.71. The van der Waals surface area contributed by atoms with Gasteiger partial charge in [0.15, 0.2) is 10.5 Å². The van der Waals surface area contributed by atoms with E-state index in [0.29, 0.717) is 6.42 Å². The Labute approximate surface area is 112 Å². The predicted octanol–water partition coefficient (Wildman–Crippen LogP) is 1.58. The van der Waals surface area contributed by atoms with Gasteiger partial charge in [-0.1, -0.05) is 12.2 Å². The molecule has 2 rings (SSSR count). The molecule has 0 atom stereocenters. The minimum Gasteiger partial charge on any atom is -0.302 e. The van der Waals surface area contributed by atoms with Crippen molar-refractivity contribution >= 4 is 29.1 Å². The maximum Gasteiger partial charge on any atom is 0.246 e. The summed E-state index contributed by atoms with van der Waals surface area (Å²) in [5, 5.41) is 5.19. The van der Waals surface area contributed by atoms with Crippen LogP contribution in [0.3, 0.4) is 0 Å². The number of amides is 2. The van der Waals surface area contributed by atoms with Gasteiger partial charge in [0.1, 0.15) is 0 Å². The number of hydrogen-bond acceptors (Lipinski definition) is 3. The van der Waals surface area contributed by atoms with Gasteiger partial charge < -0.3 is 10.6 Å². The van der Waals surface area contributed by atoms with Gasteiger partial charge in [0.05, 0.1) is 0 Å². The number of hydrogen-bond donors (Lipinski definition) is 2. The van der Waals surface area contributed by atoms with E-state index in [1.165, 1.54) is 0 Å². The average Bonchev–Trinajstić information content (AvgIpc) is 2.35. The SMILES string of the molecule is C=CCC1(C2=CCCCC2)C(=O)NC(=S)NC1=O. The zero-order chi connectivity index (χ0) is 13.2. The molecule has 1 heterocycles. The van der Waals surface area contributed by atoms with Gasteiger partial charge in [-0.2, -0.15) is 0 Å². The van der Waals surface area contributed by atoms with Crippen LogP contribution in [0.25, 0.3) is 0 Å². The molecule has 0 aromatic heterocycles. The van der Waals surface area contributed by atoms with Crippen molar-refractivity contribution in [2.75, 3.05) is 0 Å². The van der Waals surface area contributed by atoms with E-state index in [4.69, 9.17) is 12.2 Å². The normalized spacial score (nSPS) is 22.9. The predicted molar refractivity (Wildman–Crippen MR) is 72.7 cm³/mol. The van der Waals surface area contributed by atoms with Crippen LogP contribution >= 0.6 is 12.2 Å². The first-order valence-corrected chi connectivity index (χ1v) is 6.49. The number of thiocarbonyl (C=S) groups is 1. The Balaban J connectivity index is 2.44. The first kappa shape index (κ1) is 13.0. The average molecular weight is 264 g/mol. The van der Waals surface area contributed by atoms with Crippen molar-refractivity contribution in [1.82, 2.24) is 10.6 Å². The summed E-state index contributed by atoms with van der Waals surface area (Å²) >= 11 is 4.84. The molecule has 0 unspecified atom stereocenters. The van der Waals surface area contributed by atoms with Gasteiger partial charge in [-0.3, -0.25) is 9.59 Å². The van der Waals surface area contributed by atoms with Crippen LogP contribution in [0.15, 0.2) is 24.3 Å². The fraction of sp³-hybridized carbons (Fsp3) is 0.462. The molecule has 1 saturated heterocycles. The third-order valence-electron chi connectivity index (χ3n) is 3.52. The van der Waals surface area contributed by atoms with Gasteiger partial charge in [-0.25, -0.2) is 0 Å². The summed E-state index contributed by atoms with van der Waals surface area (Å²) in [6, 6.07) is 0. The summed E-state index contributed by atoms with van der Waals surface area (Å²) in [7, 11) is 0. The Morgan fingerprint density at radius 1 is 1.33 bits per heavy atom. The van der Waals surface area contributed by atoms with Crippen LogP contribution in [-0.2, 0) is 9.59 Å². The Morgan fingerprint density at radius 2 is 2.00 bits per heavy atom. The summed E-state index contributed by atoms with van der Waals surface area (Å²) in [5.41, 5.74) is -0.254. The summed E-state index contributed by atoms with van der Waals surface area (Å²) in [5.74, 6) is -0.659. The smallest absolute Gasteiger partial charge is 0.246 e. The number of carbonyl (C=O) groups is 2. The second kappa shape index (κ2) is 5.02. The van der Waals surface area contributed by atoms with Crippen LogP contribution in [0.1, 0.15) is 32.1 Å². The van der Waals surface area contributed by atoms with Crippen molar-refractivity contribution in [2.45, 2.75) is 32.1 Å². The second-order valence-electron chi connectivity index (χ2n) is 4.61. The van der Waals surface area contributed by atoms with Gasteiger partial charge in [0, 0.05) is 0 Å². The lowest BCUT2D eigenvalue weighted by molar-refractivity contribution is -0.140. The fourth-order valence-electron chi connectivity index (χ4n) is 2.60. The summed E-state index contributed by atoms with van der Waals surface area (Å²) < 4.78 is 0. The highest BCUT2D eigenvalue weighted by atomic mass is 32.1. The van der Waals surface area contributed by atoms with Crippen molar-refractivity contribution in [2.24, 2.45) is 5.41 Å². The molecule has 5 heteroatoms. The summed E-state index contributed by atoms with van der Waals surface area (Å²) in [6.45, 7) is 3.66. The lowest BCUT2D eigenvalue weighted by Gasteiger charge is -2.37. The van der Waals surface area contributed by atoms with E-state index in [1.54, 1.807) is 6.08 Å². The number of rotatable bonds is 3. The third kappa shape index (κ3) is 1.99. The van der Waals surface area contributed by atoms with Crippen molar-refractivity contribution in [3.63, 3.8) is 0 Å².